The Hall–Kier alpha value is -0.380. The van der Waals surface area contributed by atoms with Gasteiger partial charge in [0, 0.05) is 10.3 Å². The van der Waals surface area contributed by atoms with E-state index in [2.05, 4.69) is 22.8 Å². The molecule has 1 fully saturated rings. The molecule has 0 saturated carbocycles. The summed E-state index contributed by atoms with van der Waals surface area (Å²) in [5, 5.41) is 14.9. The normalized spacial score (nSPS) is 21.6. The molecule has 0 radical (unpaired) electrons. The zero-order valence-electron chi connectivity index (χ0n) is 7.62. The van der Waals surface area contributed by atoms with Crippen molar-refractivity contribution < 1.29 is 5.11 Å². The van der Waals surface area contributed by atoms with Crippen LogP contribution in [0.15, 0.2) is 17.5 Å². The second-order valence-electron chi connectivity index (χ2n) is 3.67. The van der Waals surface area contributed by atoms with Gasteiger partial charge in [0.05, 0.1) is 6.61 Å². The van der Waals surface area contributed by atoms with Crippen molar-refractivity contribution in [3.63, 3.8) is 0 Å². The van der Waals surface area contributed by atoms with Gasteiger partial charge in [-0.25, -0.2) is 0 Å². The van der Waals surface area contributed by atoms with Gasteiger partial charge in [-0.3, -0.25) is 0 Å². The Morgan fingerprint density at radius 2 is 2.23 bits per heavy atom. The van der Waals surface area contributed by atoms with Crippen molar-refractivity contribution in [3.8, 4) is 0 Å². The van der Waals surface area contributed by atoms with E-state index in [-0.39, 0.29) is 12.0 Å². The van der Waals surface area contributed by atoms with Crippen LogP contribution in [0.5, 0.6) is 0 Å². The van der Waals surface area contributed by atoms with Crippen LogP contribution in [0, 0.1) is 0 Å². The Balaban J connectivity index is 2.23. The highest BCUT2D eigenvalue weighted by atomic mass is 32.1. The first kappa shape index (κ1) is 9.19. The summed E-state index contributed by atoms with van der Waals surface area (Å²) in [6, 6.07) is 4.21. The van der Waals surface area contributed by atoms with E-state index in [1.165, 1.54) is 4.88 Å². The smallest absolute Gasteiger partial charge is 0.0536 e. The van der Waals surface area contributed by atoms with Gasteiger partial charge in [-0.15, -0.1) is 11.3 Å². The Labute approximate surface area is 82.6 Å². The fraction of sp³-hybridized carbons (Fsp3) is 0.600. The van der Waals surface area contributed by atoms with Gasteiger partial charge in [-0.1, -0.05) is 6.07 Å². The van der Waals surface area contributed by atoms with E-state index in [0.717, 1.165) is 25.9 Å². The third-order valence-corrected chi connectivity index (χ3v) is 4.02. The van der Waals surface area contributed by atoms with Crippen molar-refractivity contribution in [2.24, 2.45) is 0 Å². The largest absolute Gasteiger partial charge is 0.395 e. The predicted molar refractivity (Wildman–Crippen MR) is 55.2 cm³/mol. The van der Waals surface area contributed by atoms with Gasteiger partial charge in [0.1, 0.15) is 0 Å². The second-order valence-corrected chi connectivity index (χ2v) is 4.61. The van der Waals surface area contributed by atoms with Crippen molar-refractivity contribution in [2.75, 3.05) is 19.7 Å². The van der Waals surface area contributed by atoms with Crippen LogP contribution in [0.3, 0.4) is 0 Å². The first-order valence-corrected chi connectivity index (χ1v) is 5.61. The van der Waals surface area contributed by atoms with Crippen LogP contribution in [-0.2, 0) is 5.41 Å². The number of piperidine rings is 1. The molecular weight excluding hydrogens is 182 g/mol. The van der Waals surface area contributed by atoms with Crippen molar-refractivity contribution in [2.45, 2.75) is 18.3 Å². The minimum Gasteiger partial charge on any atom is -0.395 e. The molecule has 0 aliphatic carbocycles. The molecule has 0 unspecified atom stereocenters. The van der Waals surface area contributed by atoms with Crippen LogP contribution in [-0.4, -0.2) is 24.8 Å². The molecule has 3 heteroatoms. The summed E-state index contributed by atoms with van der Waals surface area (Å²) in [7, 11) is 0. The molecule has 72 valence electrons. The lowest BCUT2D eigenvalue weighted by molar-refractivity contribution is 0.161. The summed E-state index contributed by atoms with van der Waals surface area (Å²) in [6.07, 6.45) is 2.12. The maximum atomic E-state index is 9.49. The maximum absolute atomic E-state index is 9.49. The third-order valence-electron chi connectivity index (χ3n) is 2.91. The molecule has 13 heavy (non-hydrogen) atoms. The highest BCUT2D eigenvalue weighted by Gasteiger charge is 2.33. The van der Waals surface area contributed by atoms with Crippen LogP contribution in [0.2, 0.25) is 0 Å². The van der Waals surface area contributed by atoms with Crippen LogP contribution >= 0.6 is 11.3 Å². The molecule has 1 saturated heterocycles. The quantitative estimate of drug-likeness (QED) is 0.750. The van der Waals surface area contributed by atoms with Gasteiger partial charge in [-0.2, -0.15) is 0 Å². The van der Waals surface area contributed by atoms with Gasteiger partial charge in [0.25, 0.3) is 0 Å². The van der Waals surface area contributed by atoms with Crippen LogP contribution in [0.25, 0.3) is 0 Å². The maximum Gasteiger partial charge on any atom is 0.0536 e. The number of hydrogen-bond acceptors (Lipinski definition) is 3. The molecule has 1 aromatic heterocycles. The van der Waals surface area contributed by atoms with Gasteiger partial charge >= 0.3 is 0 Å². The Morgan fingerprint density at radius 1 is 1.46 bits per heavy atom. The minimum atomic E-state index is 0.0550. The predicted octanol–water partition coefficient (Wildman–Crippen LogP) is 1.36. The number of rotatable bonds is 2. The summed E-state index contributed by atoms with van der Waals surface area (Å²) in [5.41, 5.74) is 0.0550. The van der Waals surface area contributed by atoms with E-state index in [0.29, 0.717) is 0 Å². The SMILES string of the molecule is OCC1(c2cccs2)CCNCC1. The first-order valence-electron chi connectivity index (χ1n) is 4.73. The van der Waals surface area contributed by atoms with Crippen LogP contribution in [0.1, 0.15) is 17.7 Å². The Bertz CT molecular complexity index is 252. The summed E-state index contributed by atoms with van der Waals surface area (Å²) in [5.74, 6) is 0. The van der Waals surface area contributed by atoms with Gasteiger partial charge in [0.15, 0.2) is 0 Å². The molecule has 2 N–H and O–H groups in total. The first-order chi connectivity index (χ1) is 6.37. The molecular formula is C10H15NOS. The molecule has 0 amide bonds. The van der Waals surface area contributed by atoms with Crippen molar-refractivity contribution in [1.29, 1.82) is 0 Å². The lowest BCUT2D eigenvalue weighted by Gasteiger charge is -2.35. The molecule has 0 atom stereocenters. The number of nitrogens with one attached hydrogen (secondary N) is 1. The van der Waals surface area contributed by atoms with Crippen LogP contribution < -0.4 is 5.32 Å². The summed E-state index contributed by atoms with van der Waals surface area (Å²) >= 11 is 1.77. The molecule has 2 heterocycles. The van der Waals surface area contributed by atoms with E-state index in [4.69, 9.17) is 0 Å². The molecule has 0 bridgehead atoms. The average molecular weight is 197 g/mol. The minimum absolute atomic E-state index is 0.0550. The molecule has 2 rings (SSSR count). The Kier molecular flexibility index (Phi) is 2.67. The molecule has 1 aromatic rings. The number of aliphatic hydroxyl groups is 1. The number of thiophene rings is 1. The highest BCUT2D eigenvalue weighted by Crippen LogP contribution is 2.35. The van der Waals surface area contributed by atoms with E-state index in [1.54, 1.807) is 11.3 Å². The highest BCUT2D eigenvalue weighted by molar-refractivity contribution is 7.10. The zero-order chi connectivity index (χ0) is 9.15. The van der Waals surface area contributed by atoms with Gasteiger partial charge in [-0.05, 0) is 37.4 Å². The average Bonchev–Trinajstić information content (AvgIpc) is 2.72. The zero-order valence-corrected chi connectivity index (χ0v) is 8.44. The van der Waals surface area contributed by atoms with Crippen molar-refractivity contribution in [3.05, 3.63) is 22.4 Å². The van der Waals surface area contributed by atoms with E-state index in [1.807, 2.05) is 0 Å². The van der Waals surface area contributed by atoms with Gasteiger partial charge in [0.2, 0.25) is 0 Å². The molecule has 1 aliphatic heterocycles. The summed E-state index contributed by atoms with van der Waals surface area (Å²) in [6.45, 7) is 2.34. The monoisotopic (exact) mass is 197 g/mol. The second kappa shape index (κ2) is 3.78. The third kappa shape index (κ3) is 1.64. The topological polar surface area (TPSA) is 32.3 Å². The van der Waals surface area contributed by atoms with Crippen LogP contribution in [0.4, 0.5) is 0 Å². The fourth-order valence-electron chi connectivity index (χ4n) is 1.97. The van der Waals surface area contributed by atoms with E-state index >= 15 is 0 Å². The van der Waals surface area contributed by atoms with E-state index in [9.17, 15) is 5.11 Å². The van der Waals surface area contributed by atoms with Crippen molar-refractivity contribution in [1.82, 2.24) is 5.32 Å². The molecule has 0 aromatic carbocycles. The molecule has 1 aliphatic rings. The molecule has 2 nitrogen and oxygen atoms in total. The number of aliphatic hydroxyl groups excluding tert-OH is 1. The lowest BCUT2D eigenvalue weighted by Crippen LogP contribution is -2.41. The molecule has 0 spiro atoms. The fourth-order valence-corrected chi connectivity index (χ4v) is 2.95. The number of hydrogen-bond donors (Lipinski definition) is 2. The standard InChI is InChI=1S/C10H15NOS/c12-8-10(3-5-11-6-4-10)9-2-1-7-13-9/h1-2,7,11-12H,3-6,8H2. The Morgan fingerprint density at radius 3 is 2.77 bits per heavy atom. The van der Waals surface area contributed by atoms with Gasteiger partial charge < -0.3 is 10.4 Å². The van der Waals surface area contributed by atoms with Crippen molar-refractivity contribution >= 4 is 11.3 Å². The summed E-state index contributed by atoms with van der Waals surface area (Å²) in [4.78, 5) is 1.34. The summed E-state index contributed by atoms with van der Waals surface area (Å²) < 4.78 is 0. The lowest BCUT2D eigenvalue weighted by atomic mass is 9.78. The van der Waals surface area contributed by atoms with E-state index < -0.39 is 0 Å².